The fraction of sp³-hybridized carbons (Fsp3) is 0.441. The average molecular weight is 581 g/mol. The molecule has 2 N–H and O–H groups in total. The summed E-state index contributed by atoms with van der Waals surface area (Å²) in [6.45, 7) is 0. The Kier molecular flexibility index (Phi) is 8.40. The van der Waals surface area contributed by atoms with Gasteiger partial charge in [0.15, 0.2) is 11.2 Å². The highest BCUT2D eigenvalue weighted by Gasteiger charge is 2.29. The monoisotopic (exact) mass is 580 g/mol. The molecule has 0 unspecified atom stereocenters. The summed E-state index contributed by atoms with van der Waals surface area (Å²) in [6.07, 6.45) is 16.7. The number of amides is 1. The Bertz CT molecular complexity index is 1750. The molecule has 43 heavy (non-hydrogen) atoms. The van der Waals surface area contributed by atoms with Crippen LogP contribution in [0.25, 0.3) is 28.6 Å². The number of aromatic nitrogens is 5. The number of nitrogens with two attached hydrogens (primary N) is 1. The van der Waals surface area contributed by atoms with E-state index in [9.17, 15) is 14.4 Å². The Morgan fingerprint density at radius 3 is 2.19 bits per heavy atom. The maximum absolute atomic E-state index is 14.1. The molecule has 3 aromatic heterocycles. The van der Waals surface area contributed by atoms with Gasteiger partial charge >= 0.3 is 5.69 Å². The smallest absolute Gasteiger partial charge is 0.333 e. The van der Waals surface area contributed by atoms with Gasteiger partial charge in [-0.25, -0.2) is 9.78 Å². The van der Waals surface area contributed by atoms with E-state index < -0.39 is 5.91 Å². The molecule has 2 aliphatic carbocycles. The Labute approximate surface area is 251 Å². The zero-order valence-electron chi connectivity index (χ0n) is 24.9. The van der Waals surface area contributed by atoms with Gasteiger partial charge in [-0.2, -0.15) is 0 Å². The summed E-state index contributed by atoms with van der Waals surface area (Å²) in [5, 5.41) is 0. The minimum atomic E-state index is -0.446. The maximum Gasteiger partial charge on any atom is 0.333 e. The van der Waals surface area contributed by atoms with Gasteiger partial charge in [-0.1, -0.05) is 68.9 Å². The van der Waals surface area contributed by atoms with Crippen molar-refractivity contribution in [3.05, 3.63) is 86.3 Å². The first kappa shape index (κ1) is 28.8. The van der Waals surface area contributed by atoms with Crippen LogP contribution in [0.15, 0.2) is 64.0 Å². The van der Waals surface area contributed by atoms with E-state index in [0.717, 1.165) is 74.5 Å². The second-order valence-corrected chi connectivity index (χ2v) is 12.1. The molecular weight excluding hydrogens is 540 g/mol. The van der Waals surface area contributed by atoms with Crippen LogP contribution in [0.4, 0.5) is 0 Å². The molecule has 0 aliphatic heterocycles. The average Bonchev–Trinajstić information content (AvgIpc) is 3.38. The fourth-order valence-corrected chi connectivity index (χ4v) is 6.93. The second-order valence-electron chi connectivity index (χ2n) is 12.1. The van der Waals surface area contributed by atoms with E-state index in [1.165, 1.54) is 11.0 Å². The first-order valence-electron chi connectivity index (χ1n) is 15.7. The van der Waals surface area contributed by atoms with E-state index in [-0.39, 0.29) is 23.3 Å². The predicted molar refractivity (Wildman–Crippen MR) is 169 cm³/mol. The third-order valence-electron chi connectivity index (χ3n) is 9.24. The van der Waals surface area contributed by atoms with Crippen molar-refractivity contribution in [1.82, 2.24) is 23.7 Å². The molecule has 6 rings (SSSR count). The van der Waals surface area contributed by atoms with E-state index in [4.69, 9.17) is 10.7 Å². The first-order chi connectivity index (χ1) is 20.9. The van der Waals surface area contributed by atoms with Crippen LogP contribution in [0.5, 0.6) is 0 Å². The molecule has 0 spiro atoms. The lowest BCUT2D eigenvalue weighted by atomic mass is 9.94. The normalized spacial score (nSPS) is 17.0. The summed E-state index contributed by atoms with van der Waals surface area (Å²) in [7, 11) is 1.89. The number of hydrogen-bond donors (Lipinski definition) is 1. The number of carbonyl (C=O) groups excluding carboxylic acids is 1. The lowest BCUT2D eigenvalue weighted by Gasteiger charge is -2.28. The van der Waals surface area contributed by atoms with Crippen LogP contribution in [0.3, 0.4) is 0 Å². The van der Waals surface area contributed by atoms with Gasteiger partial charge in [-0.3, -0.25) is 23.7 Å². The predicted octanol–water partition coefficient (Wildman–Crippen LogP) is 5.47. The van der Waals surface area contributed by atoms with Gasteiger partial charge in [0.25, 0.3) is 5.56 Å². The standard InChI is InChI=1S/C34H40N6O3/c1-38-31(25-17-14-23(15-18-25)21-26(30(35)41)19-16-24-9-8-20-36-22-24)37-29-32(38)39(27-10-4-2-5-11-27)34(43)40(33(29)42)28-12-6-3-7-13-28/h8-9,14-15,17-18,20-22,27-28H,2-7,10-13,16,19H2,1H3,(H2,35,41)/b26-21+. The summed E-state index contributed by atoms with van der Waals surface area (Å²) in [5.41, 5.74) is 9.48. The molecule has 0 radical (unpaired) electrons. The molecule has 1 amide bonds. The number of fused-ring (bicyclic) bond motifs is 1. The molecule has 0 atom stereocenters. The molecule has 2 fully saturated rings. The Morgan fingerprint density at radius 1 is 0.930 bits per heavy atom. The molecule has 0 bridgehead atoms. The highest BCUT2D eigenvalue weighted by atomic mass is 16.2. The van der Waals surface area contributed by atoms with Gasteiger partial charge < -0.3 is 10.3 Å². The van der Waals surface area contributed by atoms with Crippen LogP contribution >= 0.6 is 0 Å². The van der Waals surface area contributed by atoms with Gasteiger partial charge in [-0.15, -0.1) is 0 Å². The van der Waals surface area contributed by atoms with Crippen molar-refractivity contribution >= 4 is 23.1 Å². The number of aryl methyl sites for hydroxylation is 2. The van der Waals surface area contributed by atoms with Crippen LogP contribution in [0, 0.1) is 0 Å². The van der Waals surface area contributed by atoms with Crippen LogP contribution in [-0.2, 0) is 18.3 Å². The molecule has 224 valence electrons. The summed E-state index contributed by atoms with van der Waals surface area (Å²) in [4.78, 5) is 49.2. The number of nitrogens with zero attached hydrogens (tertiary/aromatic N) is 5. The Balaban J connectivity index is 1.38. The highest BCUT2D eigenvalue weighted by Crippen LogP contribution is 2.32. The number of hydrogen-bond acceptors (Lipinski definition) is 5. The molecule has 4 aromatic rings. The van der Waals surface area contributed by atoms with Crippen molar-refractivity contribution < 1.29 is 4.79 Å². The van der Waals surface area contributed by atoms with Gasteiger partial charge in [0, 0.05) is 42.7 Å². The highest BCUT2D eigenvalue weighted by molar-refractivity contribution is 5.96. The fourth-order valence-electron chi connectivity index (χ4n) is 6.93. The van der Waals surface area contributed by atoms with E-state index in [1.54, 1.807) is 12.4 Å². The first-order valence-corrected chi connectivity index (χ1v) is 15.7. The molecule has 1 aromatic carbocycles. The second kappa shape index (κ2) is 12.5. The van der Waals surface area contributed by atoms with Crippen molar-refractivity contribution in [2.75, 3.05) is 0 Å². The molecule has 2 saturated carbocycles. The van der Waals surface area contributed by atoms with Crippen molar-refractivity contribution in [2.24, 2.45) is 12.8 Å². The minimum Gasteiger partial charge on any atom is -0.366 e. The number of primary amides is 1. The van der Waals surface area contributed by atoms with E-state index in [0.29, 0.717) is 35.4 Å². The molecule has 0 saturated heterocycles. The van der Waals surface area contributed by atoms with Crippen LogP contribution in [0.2, 0.25) is 0 Å². The van der Waals surface area contributed by atoms with Crippen LogP contribution < -0.4 is 17.0 Å². The van der Waals surface area contributed by atoms with Gasteiger partial charge in [-0.05, 0) is 61.8 Å². The zero-order chi connectivity index (χ0) is 29.9. The largest absolute Gasteiger partial charge is 0.366 e. The number of carbonyl (C=O) groups is 1. The van der Waals surface area contributed by atoms with Crippen LogP contribution in [0.1, 0.15) is 93.8 Å². The molecule has 9 heteroatoms. The van der Waals surface area contributed by atoms with Crippen molar-refractivity contribution in [1.29, 1.82) is 0 Å². The Hall–Kier alpha value is -4.27. The topological polar surface area (TPSA) is 118 Å². The van der Waals surface area contributed by atoms with E-state index in [2.05, 4.69) is 4.98 Å². The number of rotatable bonds is 8. The summed E-state index contributed by atoms with van der Waals surface area (Å²) in [6, 6.07) is 11.6. The quantitative estimate of drug-likeness (QED) is 0.277. The SMILES string of the molecule is Cn1c(-c2ccc(/C=C(\CCc3cccnc3)C(N)=O)cc2)nc2c(=O)n(C3CCCCC3)c(=O)n(C3CCCCC3)c21. The van der Waals surface area contributed by atoms with Gasteiger partial charge in [0.05, 0.1) is 0 Å². The Morgan fingerprint density at radius 2 is 1.58 bits per heavy atom. The molecular formula is C34H40N6O3. The van der Waals surface area contributed by atoms with Gasteiger partial charge in [0.2, 0.25) is 5.91 Å². The van der Waals surface area contributed by atoms with E-state index >= 15 is 0 Å². The molecule has 3 heterocycles. The van der Waals surface area contributed by atoms with Crippen molar-refractivity contribution in [2.45, 2.75) is 89.1 Å². The van der Waals surface area contributed by atoms with Crippen LogP contribution in [-0.4, -0.2) is 29.6 Å². The zero-order valence-corrected chi connectivity index (χ0v) is 24.9. The molecule has 2 aliphatic rings. The number of imidazole rings is 1. The van der Waals surface area contributed by atoms with Crippen molar-refractivity contribution in [3.8, 4) is 11.4 Å². The molecule has 9 nitrogen and oxygen atoms in total. The number of benzene rings is 1. The third-order valence-corrected chi connectivity index (χ3v) is 9.24. The van der Waals surface area contributed by atoms with Gasteiger partial charge in [0.1, 0.15) is 5.82 Å². The minimum absolute atomic E-state index is 0.0637. The maximum atomic E-state index is 14.1. The lowest BCUT2D eigenvalue weighted by Crippen LogP contribution is -2.44. The summed E-state index contributed by atoms with van der Waals surface area (Å²) in [5.74, 6) is 0.193. The summed E-state index contributed by atoms with van der Waals surface area (Å²) >= 11 is 0. The van der Waals surface area contributed by atoms with E-state index in [1.807, 2.05) is 58.7 Å². The third kappa shape index (κ3) is 5.85. The summed E-state index contributed by atoms with van der Waals surface area (Å²) < 4.78 is 5.32. The number of pyridine rings is 1. The van der Waals surface area contributed by atoms with Crippen molar-refractivity contribution in [3.63, 3.8) is 0 Å². The lowest BCUT2D eigenvalue weighted by molar-refractivity contribution is -0.114.